The summed E-state index contributed by atoms with van der Waals surface area (Å²) in [6.07, 6.45) is 1.87. The Hall–Kier alpha value is -1.58. The molecule has 2 aliphatic rings. The summed E-state index contributed by atoms with van der Waals surface area (Å²) in [4.78, 5) is 17.1. The zero-order valence-electron chi connectivity index (χ0n) is 16.1. The Labute approximate surface area is 154 Å². The van der Waals surface area contributed by atoms with Crippen molar-refractivity contribution in [1.82, 2.24) is 30.0 Å². The Morgan fingerprint density at radius 2 is 2.08 bits per heavy atom. The first-order chi connectivity index (χ1) is 12.6. The Bertz CT molecular complexity index is 601. The van der Waals surface area contributed by atoms with Crippen LogP contribution < -0.4 is 0 Å². The lowest BCUT2D eigenvalue weighted by Gasteiger charge is -2.49. The van der Waals surface area contributed by atoms with E-state index in [-0.39, 0.29) is 17.4 Å². The van der Waals surface area contributed by atoms with E-state index in [0.29, 0.717) is 32.9 Å². The number of likely N-dealkylation sites (tertiary alicyclic amines) is 1. The molecule has 9 nitrogen and oxygen atoms in total. The van der Waals surface area contributed by atoms with Gasteiger partial charge in [-0.15, -0.1) is 5.10 Å². The van der Waals surface area contributed by atoms with Crippen LogP contribution in [-0.2, 0) is 26.4 Å². The largest absolute Gasteiger partial charge is 0.383 e. The first kappa shape index (κ1) is 19.2. The molecule has 2 saturated heterocycles. The maximum atomic E-state index is 12.7. The van der Waals surface area contributed by atoms with Crippen LogP contribution in [0.25, 0.3) is 0 Å². The fourth-order valence-electron chi connectivity index (χ4n) is 4.03. The molecule has 1 amide bonds. The molecule has 1 unspecified atom stereocenters. The highest BCUT2D eigenvalue weighted by Gasteiger charge is 2.47. The SMILES string of the molecule is COCCn1nnnc1C1(N2CCOCC2)CCCN(C(=O)C(C)C)C1. The molecule has 0 aromatic carbocycles. The summed E-state index contributed by atoms with van der Waals surface area (Å²) in [7, 11) is 1.67. The van der Waals surface area contributed by atoms with Gasteiger partial charge in [-0.1, -0.05) is 13.8 Å². The second-order valence-electron chi connectivity index (χ2n) is 7.37. The standard InChI is InChI=1S/C17H30N6O3/c1-14(2)15(24)21-6-4-5-17(13-21,22-7-11-26-12-8-22)16-18-19-20-23(16)9-10-25-3/h14H,4-13H2,1-3H3. The minimum absolute atomic E-state index is 0.0139. The number of carbonyl (C=O) groups is 1. The molecule has 1 atom stereocenters. The highest BCUT2D eigenvalue weighted by atomic mass is 16.5. The topological polar surface area (TPSA) is 85.6 Å². The second-order valence-corrected chi connectivity index (χ2v) is 7.37. The zero-order chi connectivity index (χ0) is 18.6. The minimum Gasteiger partial charge on any atom is -0.383 e. The van der Waals surface area contributed by atoms with Gasteiger partial charge in [-0.05, 0) is 23.3 Å². The number of hydrogen-bond donors (Lipinski definition) is 0. The van der Waals surface area contributed by atoms with Gasteiger partial charge in [0.2, 0.25) is 5.91 Å². The van der Waals surface area contributed by atoms with Crippen molar-refractivity contribution in [3.63, 3.8) is 0 Å². The molecule has 0 saturated carbocycles. The van der Waals surface area contributed by atoms with Crippen molar-refractivity contribution in [2.45, 2.75) is 38.8 Å². The molecular formula is C17H30N6O3. The molecule has 0 spiro atoms. The molecule has 0 aliphatic carbocycles. The molecule has 1 aromatic heterocycles. The number of morpholine rings is 1. The fourth-order valence-corrected chi connectivity index (χ4v) is 4.03. The van der Waals surface area contributed by atoms with Crippen LogP contribution in [0.5, 0.6) is 0 Å². The number of nitrogens with zero attached hydrogens (tertiary/aromatic N) is 6. The third-order valence-corrected chi connectivity index (χ3v) is 5.35. The van der Waals surface area contributed by atoms with Crippen LogP contribution in [0.15, 0.2) is 0 Å². The smallest absolute Gasteiger partial charge is 0.225 e. The Kier molecular flexibility index (Phi) is 6.20. The minimum atomic E-state index is -0.371. The molecule has 3 heterocycles. The maximum Gasteiger partial charge on any atom is 0.225 e. The number of aromatic nitrogens is 4. The Morgan fingerprint density at radius 1 is 1.31 bits per heavy atom. The molecule has 9 heteroatoms. The first-order valence-electron chi connectivity index (χ1n) is 9.45. The van der Waals surface area contributed by atoms with E-state index < -0.39 is 0 Å². The molecule has 3 rings (SSSR count). The number of methoxy groups -OCH3 is 1. The second kappa shape index (κ2) is 8.41. The summed E-state index contributed by atoms with van der Waals surface area (Å²) in [5, 5.41) is 12.5. The van der Waals surface area contributed by atoms with Crippen molar-refractivity contribution in [3.8, 4) is 0 Å². The molecule has 1 aromatic rings. The summed E-state index contributed by atoms with van der Waals surface area (Å²) >= 11 is 0. The van der Waals surface area contributed by atoms with E-state index in [9.17, 15) is 4.79 Å². The molecule has 0 bridgehead atoms. The van der Waals surface area contributed by atoms with Crippen molar-refractivity contribution in [3.05, 3.63) is 5.82 Å². The number of tetrazole rings is 1. The van der Waals surface area contributed by atoms with E-state index in [1.54, 1.807) is 7.11 Å². The normalized spacial score (nSPS) is 25.0. The monoisotopic (exact) mass is 366 g/mol. The van der Waals surface area contributed by atoms with Crippen LogP contribution in [-0.4, -0.2) is 89.0 Å². The van der Waals surface area contributed by atoms with Gasteiger partial charge in [0.05, 0.1) is 26.4 Å². The number of carbonyl (C=O) groups excluding carboxylic acids is 1. The van der Waals surface area contributed by atoms with E-state index in [1.165, 1.54) is 0 Å². The molecule has 0 N–H and O–H groups in total. The molecule has 0 radical (unpaired) electrons. The summed E-state index contributed by atoms with van der Waals surface area (Å²) in [5.74, 6) is 1.01. The highest BCUT2D eigenvalue weighted by Crippen LogP contribution is 2.37. The van der Waals surface area contributed by atoms with Crippen molar-refractivity contribution < 1.29 is 14.3 Å². The fraction of sp³-hybridized carbons (Fsp3) is 0.882. The summed E-state index contributed by atoms with van der Waals surface area (Å²) in [6.45, 7) is 9.50. The highest BCUT2D eigenvalue weighted by molar-refractivity contribution is 5.78. The van der Waals surface area contributed by atoms with Crippen LogP contribution >= 0.6 is 0 Å². The van der Waals surface area contributed by atoms with Crippen LogP contribution in [0, 0.1) is 5.92 Å². The van der Waals surface area contributed by atoms with Crippen LogP contribution in [0.1, 0.15) is 32.5 Å². The molecule has 26 heavy (non-hydrogen) atoms. The van der Waals surface area contributed by atoms with Gasteiger partial charge in [0.25, 0.3) is 0 Å². The third kappa shape index (κ3) is 3.74. The van der Waals surface area contributed by atoms with Gasteiger partial charge in [0.1, 0.15) is 5.54 Å². The van der Waals surface area contributed by atoms with Gasteiger partial charge in [-0.25, -0.2) is 4.68 Å². The average molecular weight is 366 g/mol. The average Bonchev–Trinajstić information content (AvgIpc) is 3.15. The van der Waals surface area contributed by atoms with Crippen molar-refractivity contribution >= 4 is 5.91 Å². The quantitative estimate of drug-likeness (QED) is 0.707. The van der Waals surface area contributed by atoms with Crippen LogP contribution in [0.3, 0.4) is 0 Å². The van der Waals surface area contributed by atoms with Crippen molar-refractivity contribution in [1.29, 1.82) is 0 Å². The molecule has 2 aliphatic heterocycles. The molecule has 146 valence electrons. The van der Waals surface area contributed by atoms with Gasteiger partial charge in [-0.2, -0.15) is 0 Å². The lowest BCUT2D eigenvalue weighted by atomic mass is 9.85. The number of piperidine rings is 1. The summed E-state index contributed by atoms with van der Waals surface area (Å²) in [5.41, 5.74) is -0.371. The molecular weight excluding hydrogens is 336 g/mol. The predicted octanol–water partition coefficient (Wildman–Crippen LogP) is 0.125. The van der Waals surface area contributed by atoms with Gasteiger partial charge in [0.15, 0.2) is 5.82 Å². The van der Waals surface area contributed by atoms with Crippen LogP contribution in [0.2, 0.25) is 0 Å². The van der Waals surface area contributed by atoms with E-state index in [2.05, 4.69) is 20.4 Å². The number of amides is 1. The molecule has 2 fully saturated rings. The maximum absolute atomic E-state index is 12.7. The Morgan fingerprint density at radius 3 is 2.77 bits per heavy atom. The predicted molar refractivity (Wildman–Crippen MR) is 94.4 cm³/mol. The number of hydrogen-bond acceptors (Lipinski definition) is 7. The Balaban J connectivity index is 1.95. The first-order valence-corrected chi connectivity index (χ1v) is 9.45. The lowest BCUT2D eigenvalue weighted by Crippen LogP contribution is -2.61. The van der Waals surface area contributed by atoms with Gasteiger partial charge >= 0.3 is 0 Å². The number of ether oxygens (including phenoxy) is 2. The van der Waals surface area contributed by atoms with E-state index in [4.69, 9.17) is 9.47 Å². The van der Waals surface area contributed by atoms with Gasteiger partial charge in [-0.3, -0.25) is 9.69 Å². The lowest BCUT2D eigenvalue weighted by molar-refractivity contribution is -0.141. The van der Waals surface area contributed by atoms with E-state index in [1.807, 2.05) is 23.4 Å². The zero-order valence-corrected chi connectivity index (χ0v) is 16.1. The summed E-state index contributed by atoms with van der Waals surface area (Å²) in [6, 6.07) is 0. The van der Waals surface area contributed by atoms with Crippen LogP contribution in [0.4, 0.5) is 0 Å². The van der Waals surface area contributed by atoms with Crippen molar-refractivity contribution in [2.75, 3.05) is 53.1 Å². The van der Waals surface area contributed by atoms with Crippen molar-refractivity contribution in [2.24, 2.45) is 5.92 Å². The van der Waals surface area contributed by atoms with E-state index >= 15 is 0 Å². The number of rotatable bonds is 6. The van der Waals surface area contributed by atoms with Gasteiger partial charge < -0.3 is 14.4 Å². The summed E-state index contributed by atoms with van der Waals surface area (Å²) < 4.78 is 12.6. The van der Waals surface area contributed by atoms with Gasteiger partial charge in [0, 0.05) is 39.2 Å². The third-order valence-electron chi connectivity index (χ3n) is 5.35. The van der Waals surface area contributed by atoms with E-state index in [0.717, 1.165) is 38.3 Å².